The van der Waals surface area contributed by atoms with Crippen molar-refractivity contribution < 1.29 is 14.3 Å². The summed E-state index contributed by atoms with van der Waals surface area (Å²) < 4.78 is 5.86. The maximum atomic E-state index is 11.6. The lowest BCUT2D eigenvalue weighted by molar-refractivity contribution is 0.101. The first kappa shape index (κ1) is 16.1. The van der Waals surface area contributed by atoms with E-state index in [1.807, 2.05) is 37.3 Å². The second kappa shape index (κ2) is 6.15. The van der Waals surface area contributed by atoms with Crippen LogP contribution in [0.5, 0.6) is 5.75 Å². The number of oxazole rings is 1. The van der Waals surface area contributed by atoms with Gasteiger partial charge in [-0.1, -0.05) is 42.5 Å². The van der Waals surface area contributed by atoms with Gasteiger partial charge < -0.3 is 9.52 Å². The van der Waals surface area contributed by atoms with E-state index in [9.17, 15) is 9.90 Å². The average Bonchev–Trinajstić information content (AvgIpc) is 3.04. The molecule has 4 nitrogen and oxygen atoms in total. The van der Waals surface area contributed by atoms with E-state index in [1.54, 1.807) is 6.07 Å². The molecule has 0 unspecified atom stereocenters. The van der Waals surface area contributed by atoms with Crippen molar-refractivity contribution in [1.29, 1.82) is 0 Å². The number of phenols is 1. The molecule has 0 aliphatic heterocycles. The van der Waals surface area contributed by atoms with Crippen LogP contribution in [-0.4, -0.2) is 15.9 Å². The van der Waals surface area contributed by atoms with Crippen molar-refractivity contribution in [2.45, 2.75) is 13.8 Å². The fraction of sp³-hybridized carbons (Fsp3) is 0.0909. The van der Waals surface area contributed by atoms with Gasteiger partial charge in [-0.2, -0.15) is 0 Å². The number of nitrogens with zero attached hydrogens (tertiary/aromatic N) is 1. The van der Waals surface area contributed by atoms with Crippen molar-refractivity contribution in [3.05, 3.63) is 71.8 Å². The summed E-state index contributed by atoms with van der Waals surface area (Å²) in [7, 11) is 0. The second-order valence-electron chi connectivity index (χ2n) is 6.26. The monoisotopic (exact) mass is 343 g/mol. The zero-order valence-corrected chi connectivity index (χ0v) is 14.5. The molecule has 0 fully saturated rings. The normalized spacial score (nSPS) is 11.0. The SMILES string of the molecule is CC(=O)c1cc2nc(-c3cccc(-c4ccccc4)c3C)oc2cc1O. The predicted molar refractivity (Wildman–Crippen MR) is 101 cm³/mol. The maximum absolute atomic E-state index is 11.6. The molecule has 0 aliphatic carbocycles. The molecule has 1 heterocycles. The fourth-order valence-electron chi connectivity index (χ4n) is 3.16. The summed E-state index contributed by atoms with van der Waals surface area (Å²) in [6, 6.07) is 19.1. The minimum absolute atomic E-state index is 0.0949. The van der Waals surface area contributed by atoms with Gasteiger partial charge in [0.25, 0.3) is 0 Å². The van der Waals surface area contributed by atoms with Crippen molar-refractivity contribution in [2.24, 2.45) is 0 Å². The molecule has 4 rings (SSSR count). The Labute approximate surface area is 150 Å². The molecular formula is C22H17NO3. The van der Waals surface area contributed by atoms with Gasteiger partial charge in [0.15, 0.2) is 11.4 Å². The van der Waals surface area contributed by atoms with E-state index >= 15 is 0 Å². The third kappa shape index (κ3) is 2.65. The lowest BCUT2D eigenvalue weighted by atomic mass is 9.96. The highest BCUT2D eigenvalue weighted by atomic mass is 16.3. The number of ketones is 1. The van der Waals surface area contributed by atoms with E-state index in [2.05, 4.69) is 23.2 Å². The average molecular weight is 343 g/mol. The van der Waals surface area contributed by atoms with Gasteiger partial charge in [0.05, 0.1) is 5.56 Å². The summed E-state index contributed by atoms with van der Waals surface area (Å²) in [4.78, 5) is 16.2. The van der Waals surface area contributed by atoms with Crippen LogP contribution >= 0.6 is 0 Å². The molecular weight excluding hydrogens is 326 g/mol. The van der Waals surface area contributed by atoms with Gasteiger partial charge in [0, 0.05) is 11.6 Å². The zero-order valence-electron chi connectivity index (χ0n) is 14.5. The number of benzene rings is 3. The van der Waals surface area contributed by atoms with Crippen LogP contribution in [0.3, 0.4) is 0 Å². The third-order valence-corrected chi connectivity index (χ3v) is 4.53. The summed E-state index contributed by atoms with van der Waals surface area (Å²) in [5.41, 5.74) is 5.41. The maximum Gasteiger partial charge on any atom is 0.227 e. The van der Waals surface area contributed by atoms with Crippen molar-refractivity contribution in [1.82, 2.24) is 4.98 Å². The first-order valence-corrected chi connectivity index (χ1v) is 8.34. The predicted octanol–water partition coefficient (Wildman–Crippen LogP) is 5.38. The molecule has 0 saturated heterocycles. The minimum atomic E-state index is -0.212. The van der Waals surface area contributed by atoms with Crippen molar-refractivity contribution in [3.8, 4) is 28.3 Å². The van der Waals surface area contributed by atoms with E-state index in [-0.39, 0.29) is 17.1 Å². The molecule has 0 bridgehead atoms. The number of carbonyl (C=O) groups excluding carboxylic acids is 1. The quantitative estimate of drug-likeness (QED) is 0.507. The number of rotatable bonds is 3. The molecule has 26 heavy (non-hydrogen) atoms. The highest BCUT2D eigenvalue weighted by Gasteiger charge is 2.16. The Kier molecular flexibility index (Phi) is 3.81. The van der Waals surface area contributed by atoms with Crippen LogP contribution in [0.15, 0.2) is 65.1 Å². The van der Waals surface area contributed by atoms with Crippen LogP contribution in [0.25, 0.3) is 33.7 Å². The molecule has 1 N–H and O–H groups in total. The second-order valence-corrected chi connectivity index (χ2v) is 6.26. The molecule has 4 aromatic rings. The molecule has 1 aromatic heterocycles. The van der Waals surface area contributed by atoms with Gasteiger partial charge in [-0.25, -0.2) is 4.98 Å². The highest BCUT2D eigenvalue weighted by Crippen LogP contribution is 2.34. The standard InChI is InChI=1S/C22H17NO3/c1-13-16(15-7-4-3-5-8-15)9-6-10-17(13)22-23-19-11-18(14(2)24)20(25)12-21(19)26-22/h3-12,25H,1-2H3. The van der Waals surface area contributed by atoms with Crippen LogP contribution < -0.4 is 0 Å². The van der Waals surface area contributed by atoms with E-state index in [0.717, 1.165) is 22.3 Å². The molecule has 0 amide bonds. The van der Waals surface area contributed by atoms with Crippen LogP contribution in [0, 0.1) is 6.92 Å². The smallest absolute Gasteiger partial charge is 0.227 e. The molecule has 3 aromatic carbocycles. The summed E-state index contributed by atoms with van der Waals surface area (Å²) in [6.07, 6.45) is 0. The van der Waals surface area contributed by atoms with Gasteiger partial charge >= 0.3 is 0 Å². The van der Waals surface area contributed by atoms with Crippen molar-refractivity contribution in [2.75, 3.05) is 0 Å². The summed E-state index contributed by atoms with van der Waals surface area (Å²) in [5, 5.41) is 10.00. The van der Waals surface area contributed by atoms with E-state index in [1.165, 1.54) is 13.0 Å². The van der Waals surface area contributed by atoms with Crippen LogP contribution in [0.1, 0.15) is 22.8 Å². The molecule has 4 heteroatoms. The van der Waals surface area contributed by atoms with Crippen molar-refractivity contribution >= 4 is 16.9 Å². The first-order chi connectivity index (χ1) is 12.5. The topological polar surface area (TPSA) is 63.3 Å². The Balaban J connectivity index is 1.87. The Bertz CT molecular complexity index is 1130. The van der Waals surface area contributed by atoms with Crippen LogP contribution in [-0.2, 0) is 0 Å². The summed E-state index contributed by atoms with van der Waals surface area (Å²) >= 11 is 0. The fourth-order valence-corrected chi connectivity index (χ4v) is 3.16. The number of phenolic OH excluding ortho intramolecular Hbond substituents is 1. The van der Waals surface area contributed by atoms with Gasteiger partial charge in [0.1, 0.15) is 11.3 Å². The largest absolute Gasteiger partial charge is 0.507 e. The van der Waals surface area contributed by atoms with E-state index < -0.39 is 0 Å². The van der Waals surface area contributed by atoms with Crippen LogP contribution in [0.2, 0.25) is 0 Å². The highest BCUT2D eigenvalue weighted by molar-refractivity contribution is 6.00. The first-order valence-electron chi connectivity index (χ1n) is 8.34. The van der Waals surface area contributed by atoms with Gasteiger partial charge in [-0.3, -0.25) is 4.79 Å². The minimum Gasteiger partial charge on any atom is -0.507 e. The lowest BCUT2D eigenvalue weighted by Crippen LogP contribution is -1.92. The lowest BCUT2D eigenvalue weighted by Gasteiger charge is -2.09. The number of aromatic nitrogens is 1. The van der Waals surface area contributed by atoms with E-state index in [0.29, 0.717) is 17.0 Å². The number of aromatic hydroxyl groups is 1. The molecule has 128 valence electrons. The molecule has 0 saturated carbocycles. The Morgan fingerprint density at radius 2 is 1.73 bits per heavy atom. The number of fused-ring (bicyclic) bond motifs is 1. The van der Waals surface area contributed by atoms with Gasteiger partial charge in [-0.05, 0) is 42.7 Å². The zero-order chi connectivity index (χ0) is 18.3. The molecule has 0 radical (unpaired) electrons. The Hall–Kier alpha value is -3.40. The summed E-state index contributed by atoms with van der Waals surface area (Å²) in [5.74, 6) is 0.161. The number of Topliss-reactive ketones (excluding diaryl/α,β-unsaturated/α-hetero) is 1. The molecule has 0 aliphatic rings. The Morgan fingerprint density at radius 1 is 1.00 bits per heavy atom. The molecule has 0 atom stereocenters. The van der Waals surface area contributed by atoms with Crippen molar-refractivity contribution in [3.63, 3.8) is 0 Å². The number of carbonyl (C=O) groups is 1. The third-order valence-electron chi connectivity index (χ3n) is 4.53. The van der Waals surface area contributed by atoms with E-state index in [4.69, 9.17) is 4.42 Å². The van der Waals surface area contributed by atoms with Crippen LogP contribution in [0.4, 0.5) is 0 Å². The number of hydrogen-bond acceptors (Lipinski definition) is 4. The molecule has 0 spiro atoms. The number of hydrogen-bond donors (Lipinski definition) is 1. The Morgan fingerprint density at radius 3 is 2.46 bits per heavy atom. The summed E-state index contributed by atoms with van der Waals surface area (Å²) in [6.45, 7) is 3.44. The van der Waals surface area contributed by atoms with Gasteiger partial charge in [0.2, 0.25) is 5.89 Å². The van der Waals surface area contributed by atoms with Gasteiger partial charge in [-0.15, -0.1) is 0 Å².